The molecule has 1 aromatic carbocycles. The van der Waals surface area contributed by atoms with E-state index in [9.17, 15) is 0 Å². The average Bonchev–Trinajstić information content (AvgIpc) is 2.83. The van der Waals surface area contributed by atoms with Crippen molar-refractivity contribution in [2.45, 2.75) is 19.5 Å². The third-order valence-electron chi connectivity index (χ3n) is 2.98. The van der Waals surface area contributed by atoms with E-state index < -0.39 is 0 Å². The van der Waals surface area contributed by atoms with Crippen molar-refractivity contribution in [3.8, 4) is 11.5 Å². The number of fused-ring (bicyclic) bond motifs is 1. The predicted octanol–water partition coefficient (Wildman–Crippen LogP) is 2.78. The number of halogens is 1. The summed E-state index contributed by atoms with van der Waals surface area (Å²) in [5.41, 5.74) is 1.04. The summed E-state index contributed by atoms with van der Waals surface area (Å²) in [6, 6.07) is 5.68. The largest absolute Gasteiger partial charge is 0.489 e. The highest BCUT2D eigenvalue weighted by Crippen LogP contribution is 2.37. The number of hydrogen-bond donors (Lipinski definition) is 1. The first-order valence-corrected chi connectivity index (χ1v) is 6.89. The van der Waals surface area contributed by atoms with Crippen LogP contribution >= 0.6 is 11.6 Å². The molecule has 0 unspecified atom stereocenters. The van der Waals surface area contributed by atoms with Crippen molar-refractivity contribution in [2.24, 2.45) is 0 Å². The summed E-state index contributed by atoms with van der Waals surface area (Å²) in [7, 11) is 0. The standard InChI is InChI=1S/C14H15ClN2O3/c15-12-6-10(8-16-9-11-2-3-17-20-11)7-13-14(12)19-5-1-4-18-13/h2-3,6-7,16H,1,4-5,8-9H2. The van der Waals surface area contributed by atoms with Gasteiger partial charge in [-0.3, -0.25) is 0 Å². The minimum atomic E-state index is 0.584. The van der Waals surface area contributed by atoms with Crippen molar-refractivity contribution < 1.29 is 14.0 Å². The topological polar surface area (TPSA) is 56.5 Å². The van der Waals surface area contributed by atoms with Crippen molar-refractivity contribution in [2.75, 3.05) is 13.2 Å². The van der Waals surface area contributed by atoms with Gasteiger partial charge in [-0.2, -0.15) is 0 Å². The Morgan fingerprint density at radius 1 is 1.20 bits per heavy atom. The van der Waals surface area contributed by atoms with Crippen molar-refractivity contribution >= 4 is 11.6 Å². The molecule has 2 heterocycles. The van der Waals surface area contributed by atoms with Crippen LogP contribution in [0.3, 0.4) is 0 Å². The van der Waals surface area contributed by atoms with Crippen LogP contribution in [0.15, 0.2) is 28.9 Å². The fourth-order valence-corrected chi connectivity index (χ4v) is 2.34. The molecule has 0 radical (unpaired) electrons. The lowest BCUT2D eigenvalue weighted by atomic mass is 10.2. The average molecular weight is 295 g/mol. The maximum Gasteiger partial charge on any atom is 0.179 e. The van der Waals surface area contributed by atoms with E-state index in [2.05, 4.69) is 10.5 Å². The van der Waals surface area contributed by atoms with E-state index in [0.29, 0.717) is 42.8 Å². The Hall–Kier alpha value is -1.72. The van der Waals surface area contributed by atoms with E-state index in [4.69, 9.17) is 25.6 Å². The predicted molar refractivity (Wildman–Crippen MR) is 74.1 cm³/mol. The Labute approximate surface area is 121 Å². The molecule has 1 aromatic heterocycles. The van der Waals surface area contributed by atoms with Crippen LogP contribution in [0.25, 0.3) is 0 Å². The lowest BCUT2D eigenvalue weighted by Gasteiger charge is -2.11. The molecule has 5 nitrogen and oxygen atoms in total. The summed E-state index contributed by atoms with van der Waals surface area (Å²) in [5.74, 6) is 2.15. The molecule has 0 spiro atoms. The number of nitrogens with zero attached hydrogens (tertiary/aromatic N) is 1. The van der Waals surface area contributed by atoms with Crippen LogP contribution in [0.5, 0.6) is 11.5 Å². The Morgan fingerprint density at radius 2 is 2.10 bits per heavy atom. The second kappa shape index (κ2) is 6.15. The lowest BCUT2D eigenvalue weighted by molar-refractivity contribution is 0.297. The maximum atomic E-state index is 6.24. The highest BCUT2D eigenvalue weighted by atomic mass is 35.5. The van der Waals surface area contributed by atoms with Gasteiger partial charge in [-0.05, 0) is 17.7 Å². The second-order valence-electron chi connectivity index (χ2n) is 4.54. The zero-order valence-electron chi connectivity index (χ0n) is 10.9. The first-order valence-electron chi connectivity index (χ1n) is 6.51. The first kappa shape index (κ1) is 13.3. The monoisotopic (exact) mass is 294 g/mol. The molecule has 1 aliphatic rings. The van der Waals surface area contributed by atoms with Gasteiger partial charge in [0.15, 0.2) is 11.5 Å². The Bertz CT molecular complexity index is 572. The SMILES string of the molecule is Clc1cc(CNCc2ccno2)cc2c1OCCCO2. The Kier molecular flexibility index (Phi) is 4.08. The smallest absolute Gasteiger partial charge is 0.179 e. The number of ether oxygens (including phenoxy) is 2. The maximum absolute atomic E-state index is 6.24. The summed E-state index contributed by atoms with van der Waals surface area (Å²) in [6.07, 6.45) is 2.49. The van der Waals surface area contributed by atoms with Gasteiger partial charge in [0.25, 0.3) is 0 Å². The van der Waals surface area contributed by atoms with Gasteiger partial charge >= 0.3 is 0 Å². The van der Waals surface area contributed by atoms with Crippen molar-refractivity contribution in [1.82, 2.24) is 10.5 Å². The van der Waals surface area contributed by atoms with Crippen molar-refractivity contribution in [3.05, 3.63) is 40.7 Å². The molecule has 3 rings (SSSR count). The van der Waals surface area contributed by atoms with Crippen molar-refractivity contribution in [1.29, 1.82) is 0 Å². The van der Waals surface area contributed by atoms with Gasteiger partial charge in [0.2, 0.25) is 0 Å². The summed E-state index contributed by atoms with van der Waals surface area (Å²) < 4.78 is 16.3. The van der Waals surface area contributed by atoms with Crippen LogP contribution in [0.4, 0.5) is 0 Å². The molecule has 0 bridgehead atoms. The molecule has 0 fully saturated rings. The molecular formula is C14H15ClN2O3. The number of aromatic nitrogens is 1. The van der Waals surface area contributed by atoms with Gasteiger partial charge in [0, 0.05) is 19.0 Å². The second-order valence-corrected chi connectivity index (χ2v) is 4.94. The third kappa shape index (κ3) is 3.05. The fraction of sp³-hybridized carbons (Fsp3) is 0.357. The van der Waals surface area contributed by atoms with E-state index >= 15 is 0 Å². The van der Waals surface area contributed by atoms with Crippen LogP contribution < -0.4 is 14.8 Å². The van der Waals surface area contributed by atoms with Gasteiger partial charge in [-0.1, -0.05) is 16.8 Å². The lowest BCUT2D eigenvalue weighted by Crippen LogP contribution is -2.12. The van der Waals surface area contributed by atoms with Gasteiger partial charge in [0.1, 0.15) is 5.76 Å². The molecule has 0 atom stereocenters. The van der Waals surface area contributed by atoms with Gasteiger partial charge in [-0.15, -0.1) is 0 Å². The van der Waals surface area contributed by atoms with Crippen LogP contribution in [-0.2, 0) is 13.1 Å². The van der Waals surface area contributed by atoms with E-state index in [0.717, 1.165) is 17.7 Å². The molecule has 1 N–H and O–H groups in total. The minimum Gasteiger partial charge on any atom is -0.489 e. The van der Waals surface area contributed by atoms with Gasteiger partial charge < -0.3 is 19.3 Å². The highest BCUT2D eigenvalue weighted by Gasteiger charge is 2.15. The molecule has 0 saturated heterocycles. The number of rotatable bonds is 4. The Morgan fingerprint density at radius 3 is 2.95 bits per heavy atom. The fourth-order valence-electron chi connectivity index (χ4n) is 2.05. The summed E-state index contributed by atoms with van der Waals surface area (Å²) >= 11 is 6.24. The molecule has 0 amide bonds. The molecule has 20 heavy (non-hydrogen) atoms. The van der Waals surface area contributed by atoms with Crippen LogP contribution in [-0.4, -0.2) is 18.4 Å². The Balaban J connectivity index is 1.67. The number of nitrogens with one attached hydrogen (secondary N) is 1. The number of benzene rings is 1. The zero-order valence-corrected chi connectivity index (χ0v) is 11.7. The molecule has 0 aliphatic carbocycles. The van der Waals surface area contributed by atoms with E-state index in [1.165, 1.54) is 0 Å². The minimum absolute atomic E-state index is 0.584. The summed E-state index contributed by atoms with van der Waals surface area (Å²) in [4.78, 5) is 0. The third-order valence-corrected chi connectivity index (χ3v) is 3.26. The van der Waals surface area contributed by atoms with Gasteiger partial charge in [0.05, 0.1) is 31.0 Å². The molecule has 106 valence electrons. The number of hydrogen-bond acceptors (Lipinski definition) is 5. The molecule has 6 heteroatoms. The van der Waals surface area contributed by atoms with E-state index in [-0.39, 0.29) is 0 Å². The molecule has 1 aliphatic heterocycles. The highest BCUT2D eigenvalue weighted by molar-refractivity contribution is 6.32. The quantitative estimate of drug-likeness (QED) is 0.939. The van der Waals surface area contributed by atoms with Gasteiger partial charge in [-0.25, -0.2) is 0 Å². The summed E-state index contributed by atoms with van der Waals surface area (Å²) in [6.45, 7) is 2.57. The van der Waals surface area contributed by atoms with Crippen LogP contribution in [0.2, 0.25) is 5.02 Å². The van der Waals surface area contributed by atoms with E-state index in [1.54, 1.807) is 6.20 Å². The van der Waals surface area contributed by atoms with Crippen molar-refractivity contribution in [3.63, 3.8) is 0 Å². The summed E-state index contributed by atoms with van der Waals surface area (Å²) in [5, 5.41) is 7.51. The normalized spacial score (nSPS) is 14.1. The van der Waals surface area contributed by atoms with E-state index in [1.807, 2.05) is 18.2 Å². The molecule has 0 saturated carbocycles. The molecule has 2 aromatic rings. The van der Waals surface area contributed by atoms with Crippen LogP contribution in [0.1, 0.15) is 17.7 Å². The molecular weight excluding hydrogens is 280 g/mol. The van der Waals surface area contributed by atoms with Crippen LogP contribution in [0, 0.1) is 0 Å². The first-order chi connectivity index (χ1) is 9.83. The zero-order chi connectivity index (χ0) is 13.8.